The first-order chi connectivity index (χ1) is 12.2. The number of amides is 1. The van der Waals surface area contributed by atoms with E-state index in [2.05, 4.69) is 9.72 Å². The Bertz CT molecular complexity index is 687. The fourth-order valence-corrected chi connectivity index (χ4v) is 2.91. The van der Waals surface area contributed by atoms with E-state index in [4.69, 9.17) is 5.73 Å². The van der Waals surface area contributed by atoms with E-state index in [-0.39, 0.29) is 36.3 Å². The number of pyridine rings is 1. The quantitative estimate of drug-likeness (QED) is 0.771. The fraction of sp³-hybridized carbons (Fsp3) is 0.625. The van der Waals surface area contributed by atoms with Gasteiger partial charge in [0.2, 0.25) is 5.88 Å². The van der Waals surface area contributed by atoms with Crippen molar-refractivity contribution in [3.63, 3.8) is 0 Å². The van der Waals surface area contributed by atoms with Gasteiger partial charge in [-0.2, -0.15) is 9.37 Å². The number of halogens is 5. The summed E-state index contributed by atoms with van der Waals surface area (Å²) in [5.41, 5.74) is 5.69. The summed E-state index contributed by atoms with van der Waals surface area (Å²) in [6.07, 6.45) is -5.70. The van der Waals surface area contributed by atoms with Gasteiger partial charge in [-0.3, -0.25) is 4.79 Å². The molecule has 0 aromatic carbocycles. The number of nitrogens with two attached hydrogens (primary N) is 1. The number of primary amides is 1. The van der Waals surface area contributed by atoms with Crippen LogP contribution >= 0.6 is 0 Å². The topological polar surface area (TPSA) is 68.5 Å². The zero-order valence-corrected chi connectivity index (χ0v) is 13.7. The summed E-state index contributed by atoms with van der Waals surface area (Å²) in [5, 5.41) is 0. The van der Waals surface area contributed by atoms with Crippen LogP contribution in [0, 0.1) is 0 Å². The molecule has 26 heavy (non-hydrogen) atoms. The zero-order chi connectivity index (χ0) is 19.1. The lowest BCUT2D eigenvalue weighted by molar-refractivity contribution is -0.0694. The molecule has 1 aliphatic heterocycles. The van der Waals surface area contributed by atoms with Gasteiger partial charge in [-0.1, -0.05) is 0 Å². The van der Waals surface area contributed by atoms with Crippen LogP contribution in [-0.2, 0) is 0 Å². The molecule has 2 N–H and O–H groups in total. The largest absolute Gasteiger partial charge is 0.437 e. The molecular formula is C16H18F5N3O2. The first-order valence-corrected chi connectivity index (χ1v) is 8.24. The maximum Gasteiger partial charge on any atom is 0.304 e. The van der Waals surface area contributed by atoms with Gasteiger partial charge in [0.25, 0.3) is 18.2 Å². The standard InChI is InChI=1S/C16H18F5N3O2/c17-11(18)12(19)26-15-9(8-1-2-8)7-10(13(22)25)14(23-15)24-5-3-16(20,21)4-6-24/h7-8,11-12H,1-6H2,(H2,22,25). The van der Waals surface area contributed by atoms with Gasteiger partial charge in [0.05, 0.1) is 5.56 Å². The minimum atomic E-state index is -3.36. The summed E-state index contributed by atoms with van der Waals surface area (Å²) >= 11 is 0. The molecule has 1 aliphatic carbocycles. The molecule has 0 spiro atoms. The van der Waals surface area contributed by atoms with E-state index < -0.39 is 37.5 Å². The van der Waals surface area contributed by atoms with Crippen LogP contribution in [0.15, 0.2) is 6.07 Å². The highest BCUT2D eigenvalue weighted by Gasteiger charge is 2.37. The van der Waals surface area contributed by atoms with Gasteiger partial charge in [-0.15, -0.1) is 0 Å². The van der Waals surface area contributed by atoms with Crippen LogP contribution in [0.5, 0.6) is 5.88 Å². The Morgan fingerprint density at radius 1 is 1.27 bits per heavy atom. The Kier molecular flexibility index (Phi) is 4.94. The SMILES string of the molecule is NC(=O)c1cc(C2CC2)c(OC(F)C(F)F)nc1N1CCC(F)(F)CC1. The molecule has 0 radical (unpaired) electrons. The molecule has 5 nitrogen and oxygen atoms in total. The third-order valence-corrected chi connectivity index (χ3v) is 4.49. The van der Waals surface area contributed by atoms with Crippen LogP contribution in [0.3, 0.4) is 0 Å². The summed E-state index contributed by atoms with van der Waals surface area (Å²) in [5.74, 6) is -4.13. The maximum absolute atomic E-state index is 13.4. The van der Waals surface area contributed by atoms with Crippen molar-refractivity contribution < 1.29 is 31.5 Å². The van der Waals surface area contributed by atoms with Gasteiger partial charge in [-0.05, 0) is 24.8 Å². The van der Waals surface area contributed by atoms with E-state index in [0.29, 0.717) is 5.56 Å². The van der Waals surface area contributed by atoms with Crippen molar-refractivity contribution in [2.45, 2.75) is 50.3 Å². The number of hydrogen-bond donors (Lipinski definition) is 1. The van der Waals surface area contributed by atoms with Crippen LogP contribution < -0.4 is 15.4 Å². The molecule has 2 heterocycles. The maximum atomic E-state index is 13.4. The number of hydrogen-bond acceptors (Lipinski definition) is 4. The number of rotatable bonds is 6. The van der Waals surface area contributed by atoms with E-state index >= 15 is 0 Å². The Morgan fingerprint density at radius 2 is 1.88 bits per heavy atom. The summed E-state index contributed by atoms with van der Waals surface area (Å²) in [6, 6.07) is 1.35. The first-order valence-electron chi connectivity index (χ1n) is 8.24. The number of carbonyl (C=O) groups excluding carboxylic acids is 1. The summed E-state index contributed by atoms with van der Waals surface area (Å²) in [6.45, 7) is -0.202. The Hall–Kier alpha value is -2.13. The molecule has 0 bridgehead atoms. The summed E-state index contributed by atoms with van der Waals surface area (Å²) in [4.78, 5) is 17.2. The number of carbonyl (C=O) groups is 1. The van der Waals surface area contributed by atoms with Crippen molar-refractivity contribution >= 4 is 11.7 Å². The lowest BCUT2D eigenvalue weighted by Gasteiger charge is -2.33. The van der Waals surface area contributed by atoms with Crippen LogP contribution in [0.2, 0.25) is 0 Å². The predicted molar refractivity (Wildman–Crippen MR) is 82.7 cm³/mol. The molecule has 1 unspecified atom stereocenters. The average Bonchev–Trinajstić information content (AvgIpc) is 3.39. The van der Waals surface area contributed by atoms with Crippen LogP contribution in [0.4, 0.5) is 27.8 Å². The lowest BCUT2D eigenvalue weighted by atomic mass is 10.0. The van der Waals surface area contributed by atoms with Crippen molar-refractivity contribution in [1.29, 1.82) is 0 Å². The minimum absolute atomic E-state index is 0.0167. The van der Waals surface area contributed by atoms with Gasteiger partial charge in [0.15, 0.2) is 0 Å². The second kappa shape index (κ2) is 6.88. The van der Waals surface area contributed by atoms with Gasteiger partial charge >= 0.3 is 6.43 Å². The minimum Gasteiger partial charge on any atom is -0.437 e. The third kappa shape index (κ3) is 3.99. The number of anilines is 1. The molecule has 1 saturated heterocycles. The molecule has 1 amide bonds. The lowest BCUT2D eigenvalue weighted by Crippen LogP contribution is -2.40. The molecule has 1 atom stereocenters. The van der Waals surface area contributed by atoms with Gasteiger partial charge in [-0.25, -0.2) is 17.6 Å². The Morgan fingerprint density at radius 3 is 2.38 bits per heavy atom. The van der Waals surface area contributed by atoms with E-state index in [1.54, 1.807) is 0 Å². The smallest absolute Gasteiger partial charge is 0.304 e. The van der Waals surface area contributed by atoms with E-state index in [0.717, 1.165) is 12.8 Å². The highest BCUT2D eigenvalue weighted by Crippen LogP contribution is 2.46. The predicted octanol–water partition coefficient (Wildman–Crippen LogP) is 3.23. The van der Waals surface area contributed by atoms with Gasteiger partial charge < -0.3 is 15.4 Å². The van der Waals surface area contributed by atoms with Crippen molar-refractivity contribution in [3.05, 3.63) is 17.2 Å². The fourth-order valence-electron chi connectivity index (χ4n) is 2.91. The summed E-state index contributed by atoms with van der Waals surface area (Å²) < 4.78 is 69.8. The second-order valence-electron chi connectivity index (χ2n) is 6.54. The number of piperidine rings is 1. The van der Waals surface area contributed by atoms with Crippen molar-refractivity contribution in [2.24, 2.45) is 5.73 Å². The van der Waals surface area contributed by atoms with Crippen LogP contribution in [-0.4, -0.2) is 42.7 Å². The molecule has 1 saturated carbocycles. The number of alkyl halides is 5. The number of aromatic nitrogens is 1. The molecule has 2 aliphatic rings. The van der Waals surface area contributed by atoms with Crippen molar-refractivity contribution in [1.82, 2.24) is 4.98 Å². The molecule has 2 fully saturated rings. The Balaban J connectivity index is 1.97. The zero-order valence-electron chi connectivity index (χ0n) is 13.7. The Labute approximate surface area is 146 Å². The molecule has 1 aromatic rings. The monoisotopic (exact) mass is 379 g/mol. The molecule has 1 aromatic heterocycles. The highest BCUT2D eigenvalue weighted by molar-refractivity contribution is 5.98. The van der Waals surface area contributed by atoms with Crippen molar-refractivity contribution in [3.8, 4) is 5.88 Å². The molecular weight excluding hydrogens is 361 g/mol. The van der Waals surface area contributed by atoms with Crippen LogP contribution in [0.25, 0.3) is 0 Å². The normalized spacial score (nSPS) is 20.9. The molecule has 10 heteroatoms. The van der Waals surface area contributed by atoms with Crippen molar-refractivity contribution in [2.75, 3.05) is 18.0 Å². The second-order valence-corrected chi connectivity index (χ2v) is 6.54. The van der Waals surface area contributed by atoms with E-state index in [1.165, 1.54) is 11.0 Å². The van der Waals surface area contributed by atoms with E-state index in [1.807, 2.05) is 0 Å². The van der Waals surface area contributed by atoms with Crippen LogP contribution in [0.1, 0.15) is 47.5 Å². The number of nitrogens with zero attached hydrogens (tertiary/aromatic N) is 2. The third-order valence-electron chi connectivity index (χ3n) is 4.49. The highest BCUT2D eigenvalue weighted by atomic mass is 19.3. The average molecular weight is 379 g/mol. The number of ether oxygens (including phenoxy) is 1. The first kappa shape index (κ1) is 18.7. The molecule has 144 valence electrons. The van der Waals surface area contributed by atoms with E-state index in [9.17, 15) is 26.7 Å². The van der Waals surface area contributed by atoms with Gasteiger partial charge in [0, 0.05) is 31.5 Å². The molecule has 3 rings (SSSR count). The van der Waals surface area contributed by atoms with Gasteiger partial charge in [0.1, 0.15) is 5.82 Å². The summed E-state index contributed by atoms with van der Waals surface area (Å²) in [7, 11) is 0.